The third kappa shape index (κ3) is 6.49. The zero-order valence-electron chi connectivity index (χ0n) is 11.8. The summed E-state index contributed by atoms with van der Waals surface area (Å²) in [7, 11) is 3.44. The molecule has 2 nitrogen and oxygen atoms in total. The first-order chi connectivity index (χ1) is 7.58. The molecule has 98 valence electrons. The summed E-state index contributed by atoms with van der Waals surface area (Å²) in [5.74, 6) is 0. The lowest BCUT2D eigenvalue weighted by atomic mass is 9.86. The summed E-state index contributed by atoms with van der Waals surface area (Å²) in [6.45, 7) is 6.69. The molecular formula is C14H30O2. The van der Waals surface area contributed by atoms with Gasteiger partial charge in [-0.1, -0.05) is 59.3 Å². The Kier molecular flexibility index (Phi) is 8.96. The van der Waals surface area contributed by atoms with E-state index in [1.165, 1.54) is 44.9 Å². The van der Waals surface area contributed by atoms with Gasteiger partial charge in [-0.15, -0.1) is 0 Å². The van der Waals surface area contributed by atoms with Crippen molar-refractivity contribution in [2.45, 2.75) is 72.0 Å². The van der Waals surface area contributed by atoms with Gasteiger partial charge < -0.3 is 9.47 Å². The van der Waals surface area contributed by atoms with E-state index in [1.54, 1.807) is 14.2 Å². The molecule has 0 amide bonds. The molecule has 0 aliphatic heterocycles. The summed E-state index contributed by atoms with van der Waals surface area (Å²) in [4.78, 5) is 0. The van der Waals surface area contributed by atoms with Crippen LogP contribution in [0.1, 0.15) is 65.7 Å². The Balaban J connectivity index is 3.64. The van der Waals surface area contributed by atoms with Crippen molar-refractivity contribution >= 4 is 0 Å². The minimum atomic E-state index is -0.0804. The van der Waals surface area contributed by atoms with Crippen LogP contribution < -0.4 is 0 Å². The molecule has 0 spiro atoms. The van der Waals surface area contributed by atoms with Crippen molar-refractivity contribution in [2.24, 2.45) is 5.41 Å². The fourth-order valence-corrected chi connectivity index (χ4v) is 2.21. The molecule has 0 aliphatic rings. The normalized spacial score (nSPS) is 12.4. The second kappa shape index (κ2) is 9.00. The van der Waals surface area contributed by atoms with E-state index in [1.807, 2.05) is 0 Å². The van der Waals surface area contributed by atoms with E-state index in [2.05, 4.69) is 20.8 Å². The quantitative estimate of drug-likeness (QED) is 0.409. The van der Waals surface area contributed by atoms with Gasteiger partial charge in [0.25, 0.3) is 0 Å². The second-order valence-corrected chi connectivity index (χ2v) is 5.31. The van der Waals surface area contributed by atoms with Gasteiger partial charge >= 0.3 is 0 Å². The maximum atomic E-state index is 5.34. The van der Waals surface area contributed by atoms with Gasteiger partial charge in [0.1, 0.15) is 0 Å². The van der Waals surface area contributed by atoms with Gasteiger partial charge in [-0.25, -0.2) is 0 Å². The maximum absolute atomic E-state index is 5.34. The molecule has 0 aromatic rings. The minimum Gasteiger partial charge on any atom is -0.355 e. The van der Waals surface area contributed by atoms with Crippen LogP contribution in [0.15, 0.2) is 0 Å². The molecule has 0 radical (unpaired) electrons. The number of rotatable bonds is 10. The summed E-state index contributed by atoms with van der Waals surface area (Å²) in [5, 5.41) is 0. The van der Waals surface area contributed by atoms with Crippen LogP contribution in [0.25, 0.3) is 0 Å². The zero-order valence-corrected chi connectivity index (χ0v) is 11.8. The van der Waals surface area contributed by atoms with E-state index in [0.717, 1.165) is 0 Å². The first-order valence-corrected chi connectivity index (χ1v) is 6.64. The van der Waals surface area contributed by atoms with Gasteiger partial charge in [-0.05, 0) is 6.42 Å². The Morgan fingerprint density at radius 1 is 0.875 bits per heavy atom. The summed E-state index contributed by atoms with van der Waals surface area (Å²) in [6, 6.07) is 0. The largest absolute Gasteiger partial charge is 0.355 e. The van der Waals surface area contributed by atoms with Crippen LogP contribution in [0.3, 0.4) is 0 Å². The van der Waals surface area contributed by atoms with Crippen LogP contribution in [0, 0.1) is 5.41 Å². The lowest BCUT2D eigenvalue weighted by molar-refractivity contribution is -0.169. The van der Waals surface area contributed by atoms with Gasteiger partial charge in [-0.3, -0.25) is 0 Å². The molecule has 0 heterocycles. The SMILES string of the molecule is CCCCCCCCC(C)(C)C(OC)OC. The van der Waals surface area contributed by atoms with Gasteiger partial charge in [0.2, 0.25) is 0 Å². The van der Waals surface area contributed by atoms with E-state index in [0.29, 0.717) is 0 Å². The Morgan fingerprint density at radius 2 is 1.38 bits per heavy atom. The van der Waals surface area contributed by atoms with Crippen molar-refractivity contribution in [3.8, 4) is 0 Å². The third-order valence-electron chi connectivity index (χ3n) is 3.24. The van der Waals surface area contributed by atoms with Gasteiger partial charge in [-0.2, -0.15) is 0 Å². The molecule has 0 aromatic carbocycles. The fourth-order valence-electron chi connectivity index (χ4n) is 2.21. The van der Waals surface area contributed by atoms with Crippen molar-refractivity contribution in [1.82, 2.24) is 0 Å². The Labute approximate surface area is 102 Å². The van der Waals surface area contributed by atoms with Crippen LogP contribution in [0.5, 0.6) is 0 Å². The Morgan fingerprint density at radius 3 is 1.88 bits per heavy atom. The number of methoxy groups -OCH3 is 2. The lowest BCUT2D eigenvalue weighted by Crippen LogP contribution is -2.32. The molecule has 0 bridgehead atoms. The molecule has 0 aromatic heterocycles. The van der Waals surface area contributed by atoms with Crippen molar-refractivity contribution in [3.05, 3.63) is 0 Å². The molecule has 0 unspecified atom stereocenters. The highest BCUT2D eigenvalue weighted by molar-refractivity contribution is 4.72. The maximum Gasteiger partial charge on any atom is 0.161 e. The van der Waals surface area contributed by atoms with Crippen LogP contribution >= 0.6 is 0 Å². The molecule has 0 aliphatic carbocycles. The second-order valence-electron chi connectivity index (χ2n) is 5.31. The van der Waals surface area contributed by atoms with Crippen molar-refractivity contribution in [2.75, 3.05) is 14.2 Å². The fraction of sp³-hybridized carbons (Fsp3) is 1.00. The number of unbranched alkanes of at least 4 members (excludes halogenated alkanes) is 5. The number of hydrogen-bond donors (Lipinski definition) is 0. The molecule has 16 heavy (non-hydrogen) atoms. The summed E-state index contributed by atoms with van der Waals surface area (Å²) >= 11 is 0. The van der Waals surface area contributed by atoms with Crippen LogP contribution in [-0.2, 0) is 9.47 Å². The van der Waals surface area contributed by atoms with E-state index in [9.17, 15) is 0 Å². The van der Waals surface area contributed by atoms with E-state index in [4.69, 9.17) is 9.47 Å². The van der Waals surface area contributed by atoms with E-state index >= 15 is 0 Å². The highest BCUT2D eigenvalue weighted by Gasteiger charge is 2.28. The number of hydrogen-bond acceptors (Lipinski definition) is 2. The van der Waals surface area contributed by atoms with Gasteiger partial charge in [0.15, 0.2) is 6.29 Å². The van der Waals surface area contributed by atoms with Gasteiger partial charge in [0, 0.05) is 19.6 Å². The number of ether oxygens (including phenoxy) is 2. The zero-order chi connectivity index (χ0) is 12.4. The Bertz CT molecular complexity index is 151. The first-order valence-electron chi connectivity index (χ1n) is 6.64. The predicted molar refractivity (Wildman–Crippen MR) is 69.6 cm³/mol. The summed E-state index contributed by atoms with van der Waals surface area (Å²) in [5.41, 5.74) is 0.119. The van der Waals surface area contributed by atoms with Crippen molar-refractivity contribution in [3.63, 3.8) is 0 Å². The van der Waals surface area contributed by atoms with Crippen molar-refractivity contribution in [1.29, 1.82) is 0 Å². The molecule has 0 saturated carbocycles. The summed E-state index contributed by atoms with van der Waals surface area (Å²) in [6.07, 6.45) is 9.16. The molecule has 2 heteroatoms. The minimum absolute atomic E-state index is 0.0804. The Hall–Kier alpha value is -0.0800. The topological polar surface area (TPSA) is 18.5 Å². The van der Waals surface area contributed by atoms with E-state index < -0.39 is 0 Å². The molecule has 0 saturated heterocycles. The summed E-state index contributed by atoms with van der Waals surface area (Å²) < 4.78 is 10.7. The smallest absolute Gasteiger partial charge is 0.161 e. The molecule has 0 fully saturated rings. The van der Waals surface area contributed by atoms with Crippen LogP contribution in [0.4, 0.5) is 0 Å². The molecular weight excluding hydrogens is 200 g/mol. The van der Waals surface area contributed by atoms with E-state index in [-0.39, 0.29) is 11.7 Å². The first kappa shape index (κ1) is 15.9. The molecule has 0 atom stereocenters. The average molecular weight is 230 g/mol. The lowest BCUT2D eigenvalue weighted by Gasteiger charge is -2.32. The molecule has 0 N–H and O–H groups in total. The standard InChI is InChI=1S/C14H30O2/c1-6-7-8-9-10-11-12-14(2,3)13(15-4)16-5/h13H,6-12H2,1-5H3. The third-order valence-corrected chi connectivity index (χ3v) is 3.24. The highest BCUT2D eigenvalue weighted by atomic mass is 16.7. The van der Waals surface area contributed by atoms with Crippen LogP contribution in [0.2, 0.25) is 0 Å². The average Bonchev–Trinajstić information content (AvgIpc) is 2.24. The van der Waals surface area contributed by atoms with Gasteiger partial charge in [0.05, 0.1) is 0 Å². The molecule has 0 rings (SSSR count). The highest BCUT2D eigenvalue weighted by Crippen LogP contribution is 2.30. The monoisotopic (exact) mass is 230 g/mol. The van der Waals surface area contributed by atoms with Crippen molar-refractivity contribution < 1.29 is 9.47 Å². The van der Waals surface area contributed by atoms with Crippen LogP contribution in [-0.4, -0.2) is 20.5 Å². The predicted octanol–water partition coefficient (Wildman–Crippen LogP) is 4.38.